The van der Waals surface area contributed by atoms with Gasteiger partial charge in [0.15, 0.2) is 0 Å². The summed E-state index contributed by atoms with van der Waals surface area (Å²) in [4.78, 5) is 0. The summed E-state index contributed by atoms with van der Waals surface area (Å²) in [5, 5.41) is 18.0. The molecule has 0 aromatic heterocycles. The lowest BCUT2D eigenvalue weighted by molar-refractivity contribution is 0.0805. The molecule has 0 saturated heterocycles. The van der Waals surface area contributed by atoms with E-state index in [0.29, 0.717) is 0 Å². The van der Waals surface area contributed by atoms with Gasteiger partial charge in [-0.1, -0.05) is 6.58 Å². The van der Waals surface area contributed by atoms with Gasteiger partial charge in [-0.05, 0) is 6.08 Å². The maximum absolute atomic E-state index is 9.75. The Morgan fingerprint density at radius 3 is 2.43 bits per heavy atom. The van der Waals surface area contributed by atoms with Gasteiger partial charge in [-0.15, -0.1) is 0 Å². The smallest absolute Gasteiger partial charge is 0.127 e. The second kappa shape index (κ2) is 2.70. The molecule has 0 amide bonds. The summed E-state index contributed by atoms with van der Waals surface area (Å²) < 4.78 is 0. The first kappa shape index (κ1) is 6.58. The lowest BCUT2D eigenvalue weighted by Crippen LogP contribution is -2.33. The number of nitrogens with zero attached hydrogens (tertiary/aromatic N) is 1. The van der Waals surface area contributed by atoms with Crippen LogP contribution in [0.25, 0.3) is 0 Å². The minimum absolute atomic E-state index is 0.0903. The molecule has 0 spiro atoms. The topological polar surface area (TPSA) is 72.5 Å². The van der Waals surface area contributed by atoms with Crippen LogP contribution in [0.2, 0.25) is 0 Å². The summed E-state index contributed by atoms with van der Waals surface area (Å²) in [5.74, 6) is 4.50. The largest absolute Gasteiger partial charge is 0.770 e. The van der Waals surface area contributed by atoms with E-state index >= 15 is 0 Å². The highest BCUT2D eigenvalue weighted by atomic mass is 16.6. The van der Waals surface area contributed by atoms with Gasteiger partial charge in [-0.25, -0.2) is 0 Å². The molecule has 0 bridgehead atoms. The van der Waals surface area contributed by atoms with Gasteiger partial charge in [0.05, 0.1) is 0 Å². The Labute approximate surface area is 41.4 Å². The number of aliphatic hydroxyl groups excluding tert-OH is 1. The monoisotopic (exact) mass is 103 g/mol. The standard InChI is InChI=1S/C3H7N2O2/c1-2-3(6)5(4)7/h2-3,6H,1,4H2/q-1. The molecule has 0 saturated carbocycles. The van der Waals surface area contributed by atoms with Gasteiger partial charge >= 0.3 is 0 Å². The molecule has 0 fully saturated rings. The molecule has 3 N–H and O–H groups in total. The average molecular weight is 103 g/mol. The normalized spacial score (nSPS) is 14.3. The number of hydroxylamine groups is 1. The first-order valence-corrected chi connectivity index (χ1v) is 1.70. The van der Waals surface area contributed by atoms with E-state index in [1.54, 1.807) is 0 Å². The van der Waals surface area contributed by atoms with Crippen molar-refractivity contribution in [1.82, 2.24) is 5.17 Å². The lowest BCUT2D eigenvalue weighted by Gasteiger charge is -2.24. The Balaban J connectivity index is 3.33. The van der Waals surface area contributed by atoms with Crippen molar-refractivity contribution in [3.05, 3.63) is 17.9 Å². The van der Waals surface area contributed by atoms with Crippen LogP contribution in [0.3, 0.4) is 0 Å². The number of nitrogens with two attached hydrogens (primary N) is 1. The molecule has 0 aromatic carbocycles. The van der Waals surface area contributed by atoms with Crippen LogP contribution in [-0.4, -0.2) is 16.5 Å². The number of hydrogen-bond donors (Lipinski definition) is 2. The van der Waals surface area contributed by atoms with E-state index in [1.807, 2.05) is 0 Å². The Bertz CT molecular complexity index is 64.0. The van der Waals surface area contributed by atoms with Crippen molar-refractivity contribution in [3.8, 4) is 0 Å². The fourth-order valence-electron chi connectivity index (χ4n) is 0.104. The first-order valence-electron chi connectivity index (χ1n) is 1.70. The highest BCUT2D eigenvalue weighted by Crippen LogP contribution is 1.82. The molecule has 0 aliphatic rings. The molecule has 42 valence electrons. The van der Waals surface area contributed by atoms with Crippen LogP contribution in [0.1, 0.15) is 0 Å². The predicted octanol–water partition coefficient (Wildman–Crippen LogP) is -0.836. The molecular formula is C3H7N2O2-. The van der Waals surface area contributed by atoms with Gasteiger partial charge < -0.3 is 10.3 Å². The van der Waals surface area contributed by atoms with E-state index in [9.17, 15) is 5.21 Å². The summed E-state index contributed by atoms with van der Waals surface area (Å²) in [6.45, 7) is 3.11. The van der Waals surface area contributed by atoms with E-state index < -0.39 is 6.23 Å². The summed E-state index contributed by atoms with van der Waals surface area (Å²) in [7, 11) is 0. The molecule has 7 heavy (non-hydrogen) atoms. The van der Waals surface area contributed by atoms with E-state index in [2.05, 4.69) is 12.4 Å². The number of rotatable bonds is 2. The zero-order chi connectivity index (χ0) is 5.86. The van der Waals surface area contributed by atoms with Crippen LogP contribution in [0.4, 0.5) is 0 Å². The third-order valence-corrected chi connectivity index (χ3v) is 0.472. The minimum atomic E-state index is -1.28. The summed E-state index contributed by atoms with van der Waals surface area (Å²) >= 11 is 0. The van der Waals surface area contributed by atoms with Gasteiger partial charge in [0.25, 0.3) is 0 Å². The van der Waals surface area contributed by atoms with Crippen LogP contribution in [0.5, 0.6) is 0 Å². The predicted molar refractivity (Wildman–Crippen MR) is 25.6 cm³/mol. The Morgan fingerprint density at radius 2 is 2.43 bits per heavy atom. The van der Waals surface area contributed by atoms with E-state index in [4.69, 9.17) is 5.11 Å². The fourth-order valence-corrected chi connectivity index (χ4v) is 0.104. The highest BCUT2D eigenvalue weighted by Gasteiger charge is 1.90. The van der Waals surface area contributed by atoms with Crippen molar-refractivity contribution < 1.29 is 5.11 Å². The molecule has 4 nitrogen and oxygen atoms in total. The molecule has 0 aromatic rings. The van der Waals surface area contributed by atoms with Gasteiger partial charge in [0.1, 0.15) is 6.23 Å². The molecule has 1 unspecified atom stereocenters. The summed E-state index contributed by atoms with van der Waals surface area (Å²) in [6.07, 6.45) is -0.243. The van der Waals surface area contributed by atoms with Gasteiger partial charge in [0, 0.05) is 0 Å². The first-order chi connectivity index (χ1) is 3.18. The fraction of sp³-hybridized carbons (Fsp3) is 0.333. The third-order valence-electron chi connectivity index (χ3n) is 0.472. The van der Waals surface area contributed by atoms with E-state index in [0.717, 1.165) is 6.08 Å². The maximum atomic E-state index is 9.75. The second-order valence-electron chi connectivity index (χ2n) is 1.01. The molecule has 0 rings (SSSR count). The summed E-state index contributed by atoms with van der Waals surface area (Å²) in [5.41, 5.74) is 0. The third kappa shape index (κ3) is 2.30. The van der Waals surface area contributed by atoms with E-state index in [-0.39, 0.29) is 5.17 Å². The number of hydrogen-bond acceptors (Lipinski definition) is 4. The zero-order valence-electron chi connectivity index (χ0n) is 3.74. The lowest BCUT2D eigenvalue weighted by atomic mass is 10.6. The molecule has 4 heteroatoms. The molecule has 0 heterocycles. The van der Waals surface area contributed by atoms with Crippen LogP contribution in [0.15, 0.2) is 12.7 Å². The van der Waals surface area contributed by atoms with Crippen LogP contribution < -0.4 is 5.84 Å². The van der Waals surface area contributed by atoms with Crippen LogP contribution >= 0.6 is 0 Å². The van der Waals surface area contributed by atoms with Crippen molar-refractivity contribution in [2.75, 3.05) is 0 Å². The summed E-state index contributed by atoms with van der Waals surface area (Å²) in [6, 6.07) is 0. The molecule has 0 aliphatic carbocycles. The molecule has 0 radical (unpaired) electrons. The van der Waals surface area contributed by atoms with Gasteiger partial charge in [0.2, 0.25) is 0 Å². The van der Waals surface area contributed by atoms with Crippen molar-refractivity contribution in [2.24, 2.45) is 5.84 Å². The van der Waals surface area contributed by atoms with Crippen molar-refractivity contribution in [2.45, 2.75) is 6.23 Å². The molecular weight excluding hydrogens is 96.0 g/mol. The van der Waals surface area contributed by atoms with Crippen LogP contribution in [0, 0.1) is 5.21 Å². The minimum Gasteiger partial charge on any atom is -0.770 e. The van der Waals surface area contributed by atoms with Crippen molar-refractivity contribution in [1.29, 1.82) is 0 Å². The highest BCUT2D eigenvalue weighted by molar-refractivity contribution is 4.75. The SMILES string of the molecule is C=CC(O)N(N)[O-]. The second-order valence-corrected chi connectivity index (χ2v) is 1.01. The quantitative estimate of drug-likeness (QED) is 0.207. The Morgan fingerprint density at radius 1 is 2.00 bits per heavy atom. The van der Waals surface area contributed by atoms with Gasteiger partial charge in [-0.3, -0.25) is 11.0 Å². The molecule has 1 atom stereocenters. The zero-order valence-corrected chi connectivity index (χ0v) is 3.74. The molecule has 0 aliphatic heterocycles. The number of hydrazine groups is 1. The van der Waals surface area contributed by atoms with Crippen LogP contribution in [-0.2, 0) is 0 Å². The maximum Gasteiger partial charge on any atom is 0.127 e. The van der Waals surface area contributed by atoms with Crippen molar-refractivity contribution in [3.63, 3.8) is 0 Å². The average Bonchev–Trinajstić information content (AvgIpc) is 1.65. The van der Waals surface area contributed by atoms with Gasteiger partial charge in [-0.2, -0.15) is 0 Å². The number of aliphatic hydroxyl groups is 1. The van der Waals surface area contributed by atoms with Crippen molar-refractivity contribution >= 4 is 0 Å². The Kier molecular flexibility index (Phi) is 2.54. The Hall–Kier alpha value is -0.420. The van der Waals surface area contributed by atoms with E-state index in [1.165, 1.54) is 0 Å².